The summed E-state index contributed by atoms with van der Waals surface area (Å²) in [4.78, 5) is 12.0. The normalized spacial score (nSPS) is 11.8. The van der Waals surface area contributed by atoms with E-state index in [4.69, 9.17) is 16.3 Å². The van der Waals surface area contributed by atoms with Gasteiger partial charge in [-0.2, -0.15) is 0 Å². The fourth-order valence-electron chi connectivity index (χ4n) is 1.71. The van der Waals surface area contributed by atoms with Gasteiger partial charge in [0, 0.05) is 16.0 Å². The highest BCUT2D eigenvalue weighted by Crippen LogP contribution is 2.17. The van der Waals surface area contributed by atoms with Gasteiger partial charge in [0.1, 0.15) is 5.75 Å². The van der Waals surface area contributed by atoms with Crippen molar-refractivity contribution in [3.05, 3.63) is 63.6 Å². The molecular formula is C16H15BrClNO2. The molecular weight excluding hydrogens is 354 g/mol. The van der Waals surface area contributed by atoms with Crippen LogP contribution in [0.15, 0.2) is 53.0 Å². The number of nitrogens with one attached hydrogen (secondary N) is 1. The number of benzene rings is 2. The summed E-state index contributed by atoms with van der Waals surface area (Å²) in [6.45, 7) is 2.17. The second-order valence-corrected chi connectivity index (χ2v) is 5.91. The summed E-state index contributed by atoms with van der Waals surface area (Å²) >= 11 is 9.17. The largest absolute Gasteiger partial charge is 0.481 e. The number of hydrogen-bond acceptors (Lipinski definition) is 2. The van der Waals surface area contributed by atoms with E-state index in [0.717, 1.165) is 10.0 Å². The average Bonchev–Trinajstić information content (AvgIpc) is 2.48. The standard InChI is InChI=1S/C16H15BrClNO2/c1-11(21-15-8-4-13(17)5-9-15)16(20)19-10-12-2-6-14(18)7-3-12/h2-9,11H,10H2,1H3,(H,19,20)/t11-/m1/s1. The highest BCUT2D eigenvalue weighted by molar-refractivity contribution is 9.10. The lowest BCUT2D eigenvalue weighted by atomic mass is 10.2. The van der Waals surface area contributed by atoms with Crippen molar-refractivity contribution in [3.63, 3.8) is 0 Å². The summed E-state index contributed by atoms with van der Waals surface area (Å²) in [5, 5.41) is 3.51. The zero-order chi connectivity index (χ0) is 15.2. The molecule has 0 aliphatic rings. The van der Waals surface area contributed by atoms with E-state index in [9.17, 15) is 4.79 Å². The molecule has 1 amide bonds. The topological polar surface area (TPSA) is 38.3 Å². The molecule has 5 heteroatoms. The van der Waals surface area contributed by atoms with Crippen LogP contribution < -0.4 is 10.1 Å². The van der Waals surface area contributed by atoms with E-state index >= 15 is 0 Å². The smallest absolute Gasteiger partial charge is 0.261 e. The van der Waals surface area contributed by atoms with Gasteiger partial charge < -0.3 is 10.1 Å². The Balaban J connectivity index is 1.84. The van der Waals surface area contributed by atoms with Crippen LogP contribution in [0.25, 0.3) is 0 Å². The van der Waals surface area contributed by atoms with Crippen molar-refractivity contribution in [1.29, 1.82) is 0 Å². The lowest BCUT2D eigenvalue weighted by molar-refractivity contribution is -0.127. The maximum absolute atomic E-state index is 12.0. The van der Waals surface area contributed by atoms with Crippen molar-refractivity contribution in [2.75, 3.05) is 0 Å². The molecule has 2 aromatic carbocycles. The molecule has 21 heavy (non-hydrogen) atoms. The van der Waals surface area contributed by atoms with Crippen molar-refractivity contribution in [3.8, 4) is 5.75 Å². The van der Waals surface area contributed by atoms with Gasteiger partial charge in [0.2, 0.25) is 0 Å². The first-order valence-electron chi connectivity index (χ1n) is 6.49. The van der Waals surface area contributed by atoms with Gasteiger partial charge >= 0.3 is 0 Å². The number of rotatable bonds is 5. The Kier molecular flexibility index (Phi) is 5.65. The van der Waals surface area contributed by atoms with Gasteiger partial charge in [-0.3, -0.25) is 4.79 Å². The predicted molar refractivity (Wildman–Crippen MR) is 87.5 cm³/mol. The highest BCUT2D eigenvalue weighted by Gasteiger charge is 2.14. The van der Waals surface area contributed by atoms with Crippen molar-refractivity contribution in [2.45, 2.75) is 19.6 Å². The first-order chi connectivity index (χ1) is 10.0. The summed E-state index contributed by atoms with van der Waals surface area (Å²) in [6, 6.07) is 14.7. The molecule has 0 radical (unpaired) electrons. The molecule has 3 nitrogen and oxygen atoms in total. The van der Waals surface area contributed by atoms with Crippen LogP contribution in [0.5, 0.6) is 5.75 Å². The van der Waals surface area contributed by atoms with Gasteiger partial charge in [0.25, 0.3) is 5.91 Å². The number of amides is 1. The quantitative estimate of drug-likeness (QED) is 0.859. The molecule has 0 aliphatic carbocycles. The summed E-state index contributed by atoms with van der Waals surface area (Å²) in [5.74, 6) is 0.500. The lowest BCUT2D eigenvalue weighted by Crippen LogP contribution is -2.35. The molecule has 1 N–H and O–H groups in total. The maximum Gasteiger partial charge on any atom is 0.261 e. The molecule has 1 atom stereocenters. The van der Waals surface area contributed by atoms with E-state index in [1.165, 1.54) is 0 Å². The summed E-state index contributed by atoms with van der Waals surface area (Å²) in [5.41, 5.74) is 0.989. The Morgan fingerprint density at radius 1 is 1.19 bits per heavy atom. The van der Waals surface area contributed by atoms with Crippen LogP contribution in [0.4, 0.5) is 0 Å². The minimum absolute atomic E-state index is 0.159. The van der Waals surface area contributed by atoms with E-state index in [1.807, 2.05) is 36.4 Å². The van der Waals surface area contributed by atoms with Gasteiger partial charge in [-0.25, -0.2) is 0 Å². The molecule has 0 saturated carbocycles. The second-order valence-electron chi connectivity index (χ2n) is 4.56. The fourth-order valence-corrected chi connectivity index (χ4v) is 2.10. The molecule has 0 aliphatic heterocycles. The van der Waals surface area contributed by atoms with Crippen LogP contribution in [0.3, 0.4) is 0 Å². The first kappa shape index (κ1) is 15.9. The van der Waals surface area contributed by atoms with Gasteiger partial charge in [-0.05, 0) is 48.9 Å². The molecule has 0 heterocycles. The fraction of sp³-hybridized carbons (Fsp3) is 0.188. The van der Waals surface area contributed by atoms with Crippen LogP contribution in [0, 0.1) is 0 Å². The van der Waals surface area contributed by atoms with E-state index in [1.54, 1.807) is 19.1 Å². The average molecular weight is 369 g/mol. The van der Waals surface area contributed by atoms with Gasteiger partial charge in [0.05, 0.1) is 0 Å². The Morgan fingerprint density at radius 2 is 1.81 bits per heavy atom. The van der Waals surface area contributed by atoms with Crippen molar-refractivity contribution < 1.29 is 9.53 Å². The molecule has 0 bridgehead atoms. The molecule has 110 valence electrons. The Morgan fingerprint density at radius 3 is 2.43 bits per heavy atom. The molecule has 2 aromatic rings. The number of carbonyl (C=O) groups is 1. The van der Waals surface area contributed by atoms with Crippen molar-refractivity contribution in [2.24, 2.45) is 0 Å². The monoisotopic (exact) mass is 367 g/mol. The zero-order valence-corrected chi connectivity index (χ0v) is 13.8. The third kappa shape index (κ3) is 5.06. The van der Waals surface area contributed by atoms with Crippen LogP contribution in [0.1, 0.15) is 12.5 Å². The minimum atomic E-state index is -0.557. The lowest BCUT2D eigenvalue weighted by Gasteiger charge is -2.14. The van der Waals surface area contributed by atoms with Crippen LogP contribution in [-0.2, 0) is 11.3 Å². The minimum Gasteiger partial charge on any atom is -0.481 e. The second kappa shape index (κ2) is 7.48. The number of ether oxygens (including phenoxy) is 1. The van der Waals surface area contributed by atoms with E-state index in [0.29, 0.717) is 17.3 Å². The molecule has 0 spiro atoms. The highest BCUT2D eigenvalue weighted by atomic mass is 79.9. The first-order valence-corrected chi connectivity index (χ1v) is 7.66. The van der Waals surface area contributed by atoms with Gasteiger partial charge in [0.15, 0.2) is 6.10 Å². The van der Waals surface area contributed by atoms with E-state index in [-0.39, 0.29) is 5.91 Å². The third-order valence-electron chi connectivity index (χ3n) is 2.88. The maximum atomic E-state index is 12.0. The zero-order valence-electron chi connectivity index (χ0n) is 11.5. The summed E-state index contributed by atoms with van der Waals surface area (Å²) in [6.07, 6.45) is -0.557. The molecule has 0 aromatic heterocycles. The molecule has 0 saturated heterocycles. The van der Waals surface area contributed by atoms with Gasteiger partial charge in [-0.15, -0.1) is 0 Å². The SMILES string of the molecule is C[C@@H](Oc1ccc(Br)cc1)C(=O)NCc1ccc(Cl)cc1. The van der Waals surface area contributed by atoms with Crippen LogP contribution >= 0.6 is 27.5 Å². The number of carbonyl (C=O) groups excluding carboxylic acids is 1. The van der Waals surface area contributed by atoms with E-state index < -0.39 is 6.10 Å². The van der Waals surface area contributed by atoms with Crippen LogP contribution in [-0.4, -0.2) is 12.0 Å². The molecule has 0 fully saturated rings. The Labute approximate surface area is 137 Å². The third-order valence-corrected chi connectivity index (χ3v) is 3.66. The molecule has 0 unspecified atom stereocenters. The summed E-state index contributed by atoms with van der Waals surface area (Å²) in [7, 11) is 0. The van der Waals surface area contributed by atoms with Crippen LogP contribution in [0.2, 0.25) is 5.02 Å². The van der Waals surface area contributed by atoms with Crippen molar-refractivity contribution in [1.82, 2.24) is 5.32 Å². The molecule has 2 rings (SSSR count). The number of hydrogen-bond donors (Lipinski definition) is 1. The Hall–Kier alpha value is -1.52. The van der Waals surface area contributed by atoms with E-state index in [2.05, 4.69) is 21.2 Å². The number of halogens is 2. The predicted octanol–water partition coefficient (Wildman–Crippen LogP) is 4.19. The van der Waals surface area contributed by atoms with Crippen molar-refractivity contribution >= 4 is 33.4 Å². The Bertz CT molecular complexity index is 599. The van der Waals surface area contributed by atoms with Gasteiger partial charge in [-0.1, -0.05) is 39.7 Å². The summed E-state index contributed by atoms with van der Waals surface area (Å²) < 4.78 is 6.55.